The van der Waals surface area contributed by atoms with Gasteiger partial charge in [-0.15, -0.1) is 0 Å². The van der Waals surface area contributed by atoms with E-state index in [9.17, 15) is 4.79 Å². The van der Waals surface area contributed by atoms with Crippen molar-refractivity contribution in [3.63, 3.8) is 0 Å². The number of nitrogens with two attached hydrogens (primary N) is 1. The highest BCUT2D eigenvalue weighted by atomic mass is 16.5. The molecule has 2 aliphatic heterocycles. The molecule has 31 heavy (non-hydrogen) atoms. The predicted octanol–water partition coefficient (Wildman–Crippen LogP) is 1.10. The second-order valence-electron chi connectivity index (χ2n) is 7.74. The normalized spacial score (nSPS) is 20.6. The molecule has 2 heterocycles. The van der Waals surface area contributed by atoms with Crippen LogP contribution in [0.2, 0.25) is 0 Å². The molecule has 0 saturated carbocycles. The lowest BCUT2D eigenvalue weighted by molar-refractivity contribution is -0.135. The molecule has 0 radical (unpaired) electrons. The van der Waals surface area contributed by atoms with E-state index in [1.54, 1.807) is 19.2 Å². The maximum atomic E-state index is 12.9. The summed E-state index contributed by atoms with van der Waals surface area (Å²) >= 11 is 0. The zero-order chi connectivity index (χ0) is 22.5. The third kappa shape index (κ3) is 5.05. The van der Waals surface area contributed by atoms with Gasteiger partial charge >= 0.3 is 0 Å². The first-order chi connectivity index (χ1) is 14.9. The first-order valence-electron chi connectivity index (χ1n) is 10.4. The number of benzene rings is 1. The van der Waals surface area contributed by atoms with Crippen molar-refractivity contribution in [2.24, 2.45) is 10.7 Å². The number of methoxy groups -OCH3 is 1. The molecular formula is C22H31N7O2. The molecule has 2 unspecified atom stereocenters. The number of anilines is 1. The number of nitrogens with zero attached hydrogens (tertiary/aromatic N) is 5. The Hall–Kier alpha value is -2.93. The summed E-state index contributed by atoms with van der Waals surface area (Å²) in [6.45, 7) is 6.93. The molecule has 1 aromatic rings. The number of hydrogen-bond donors (Lipinski definition) is 2. The van der Waals surface area contributed by atoms with E-state index in [1.807, 2.05) is 42.8 Å². The van der Waals surface area contributed by atoms with Gasteiger partial charge in [-0.3, -0.25) is 9.69 Å². The van der Waals surface area contributed by atoms with Crippen LogP contribution in [0, 0.1) is 11.3 Å². The van der Waals surface area contributed by atoms with E-state index in [2.05, 4.69) is 16.3 Å². The van der Waals surface area contributed by atoms with E-state index < -0.39 is 6.23 Å². The molecule has 0 spiro atoms. The third-order valence-corrected chi connectivity index (χ3v) is 5.79. The van der Waals surface area contributed by atoms with Crippen molar-refractivity contribution in [2.45, 2.75) is 26.2 Å². The number of rotatable bonds is 6. The molecule has 3 N–H and O–H groups in total. The number of nitriles is 1. The summed E-state index contributed by atoms with van der Waals surface area (Å²) in [5, 5.41) is 12.3. The van der Waals surface area contributed by atoms with E-state index in [4.69, 9.17) is 20.7 Å². The first-order valence-corrected chi connectivity index (χ1v) is 10.4. The Kier molecular flexibility index (Phi) is 7.28. The van der Waals surface area contributed by atoms with Crippen LogP contribution >= 0.6 is 0 Å². The van der Waals surface area contributed by atoms with E-state index in [-0.39, 0.29) is 18.6 Å². The van der Waals surface area contributed by atoms with E-state index in [0.717, 1.165) is 30.0 Å². The highest BCUT2D eigenvalue weighted by Crippen LogP contribution is 2.30. The van der Waals surface area contributed by atoms with Crippen molar-refractivity contribution in [3.05, 3.63) is 35.4 Å². The number of hydrogen-bond acceptors (Lipinski definition) is 8. The molecule has 2 aliphatic rings. The van der Waals surface area contributed by atoms with Gasteiger partial charge in [0.1, 0.15) is 12.4 Å². The Balaban J connectivity index is 1.74. The first kappa shape index (κ1) is 22.7. The molecule has 0 aliphatic carbocycles. The van der Waals surface area contributed by atoms with Crippen molar-refractivity contribution in [1.82, 2.24) is 14.7 Å². The maximum Gasteiger partial charge on any atom is 0.242 e. The number of nitrogens with one attached hydrogen (secondary N) is 1. The minimum Gasteiger partial charge on any atom is -0.388 e. The van der Waals surface area contributed by atoms with Crippen LogP contribution in [0.5, 0.6) is 0 Å². The maximum absolute atomic E-state index is 12.9. The summed E-state index contributed by atoms with van der Waals surface area (Å²) in [4.78, 5) is 23.6. The summed E-state index contributed by atoms with van der Waals surface area (Å²) in [7, 11) is 3.43. The summed E-state index contributed by atoms with van der Waals surface area (Å²) in [6, 6.07) is 7.58. The van der Waals surface area contributed by atoms with Crippen molar-refractivity contribution in [3.8, 4) is 6.07 Å². The van der Waals surface area contributed by atoms with Gasteiger partial charge in [-0.25, -0.2) is 4.99 Å². The highest BCUT2D eigenvalue weighted by molar-refractivity contribution is 5.93. The third-order valence-electron chi connectivity index (χ3n) is 5.79. The minimum atomic E-state index is -0.415. The monoisotopic (exact) mass is 425 g/mol. The molecule has 1 aromatic carbocycles. The van der Waals surface area contributed by atoms with Gasteiger partial charge in [-0.1, -0.05) is 0 Å². The molecular weight excluding hydrogens is 394 g/mol. The lowest BCUT2D eigenvalue weighted by Crippen LogP contribution is -2.56. The molecule has 9 heteroatoms. The van der Waals surface area contributed by atoms with Crippen molar-refractivity contribution >= 4 is 23.1 Å². The van der Waals surface area contributed by atoms with Crippen LogP contribution in [0.15, 0.2) is 29.3 Å². The van der Waals surface area contributed by atoms with Crippen LogP contribution in [-0.2, 0) is 9.53 Å². The summed E-state index contributed by atoms with van der Waals surface area (Å²) < 4.78 is 5.68. The van der Waals surface area contributed by atoms with Gasteiger partial charge in [0.2, 0.25) is 5.91 Å². The molecule has 9 nitrogen and oxygen atoms in total. The molecule has 1 amide bonds. The SMILES string of the molecule is CNc1cc(C#N)ccc1C1=CC(OC)N(CC(=O)N2CCN(C(C)N)CC2)C(C)=N1. The second-order valence-corrected chi connectivity index (χ2v) is 7.74. The Labute approximate surface area is 183 Å². The van der Waals surface area contributed by atoms with Crippen molar-refractivity contribution in [2.75, 3.05) is 52.2 Å². The van der Waals surface area contributed by atoms with Gasteiger partial charge < -0.3 is 25.6 Å². The van der Waals surface area contributed by atoms with Crippen molar-refractivity contribution < 1.29 is 9.53 Å². The van der Waals surface area contributed by atoms with Crippen LogP contribution in [0.25, 0.3) is 5.70 Å². The zero-order valence-electron chi connectivity index (χ0n) is 18.6. The van der Waals surface area contributed by atoms with Gasteiger partial charge in [0.05, 0.1) is 23.5 Å². The second kappa shape index (κ2) is 9.92. The van der Waals surface area contributed by atoms with E-state index in [1.165, 1.54) is 0 Å². The molecule has 1 fully saturated rings. The van der Waals surface area contributed by atoms with E-state index >= 15 is 0 Å². The smallest absolute Gasteiger partial charge is 0.242 e. The number of carbonyl (C=O) groups is 1. The predicted molar refractivity (Wildman–Crippen MR) is 121 cm³/mol. The largest absolute Gasteiger partial charge is 0.388 e. The van der Waals surface area contributed by atoms with Crippen LogP contribution in [0.3, 0.4) is 0 Å². The Morgan fingerprint density at radius 3 is 2.68 bits per heavy atom. The van der Waals surface area contributed by atoms with Crippen molar-refractivity contribution in [1.29, 1.82) is 5.26 Å². The average molecular weight is 426 g/mol. The topological polar surface area (TPSA) is 110 Å². The van der Waals surface area contributed by atoms with Gasteiger partial charge in [-0.05, 0) is 38.1 Å². The number of amides is 1. The number of aliphatic imine (C=N–C) groups is 1. The fourth-order valence-corrected chi connectivity index (χ4v) is 3.90. The number of ether oxygens (including phenoxy) is 1. The number of amidine groups is 1. The highest BCUT2D eigenvalue weighted by Gasteiger charge is 2.29. The summed E-state index contributed by atoms with van der Waals surface area (Å²) in [6.07, 6.45) is 1.48. The van der Waals surface area contributed by atoms with Gasteiger partial charge in [0.25, 0.3) is 0 Å². The van der Waals surface area contributed by atoms with Crippen LogP contribution in [-0.4, -0.2) is 85.7 Å². The molecule has 0 bridgehead atoms. The Morgan fingerprint density at radius 2 is 2.10 bits per heavy atom. The summed E-state index contributed by atoms with van der Waals surface area (Å²) in [5.74, 6) is 0.755. The van der Waals surface area contributed by atoms with Crippen LogP contribution in [0.1, 0.15) is 25.0 Å². The lowest BCUT2D eigenvalue weighted by atomic mass is 10.0. The lowest BCUT2D eigenvalue weighted by Gasteiger charge is -2.39. The molecule has 1 saturated heterocycles. The number of piperazine rings is 1. The van der Waals surface area contributed by atoms with Gasteiger partial charge in [0, 0.05) is 51.6 Å². The standard InChI is InChI=1S/C22H31N7O2/c1-15(24)27-7-9-28(10-8-27)21(30)14-29-16(2)26-20(12-22(29)31-4)18-6-5-17(13-23)11-19(18)25-3/h5-6,11-12,15,22,25H,7-10,14,24H2,1-4H3. The zero-order valence-corrected chi connectivity index (χ0v) is 18.6. The molecule has 2 atom stereocenters. The molecule has 3 rings (SSSR count). The fraction of sp³-hybridized carbons (Fsp3) is 0.500. The van der Waals surface area contributed by atoms with E-state index in [0.29, 0.717) is 24.5 Å². The number of carbonyl (C=O) groups excluding carboxylic acids is 1. The Bertz CT molecular complexity index is 911. The van der Waals surface area contributed by atoms with Gasteiger partial charge in [-0.2, -0.15) is 5.26 Å². The quantitative estimate of drug-likeness (QED) is 0.702. The summed E-state index contributed by atoms with van der Waals surface area (Å²) in [5.41, 5.74) is 8.95. The average Bonchev–Trinajstić information content (AvgIpc) is 2.79. The van der Waals surface area contributed by atoms with Gasteiger partial charge in [0.15, 0.2) is 6.23 Å². The fourth-order valence-electron chi connectivity index (χ4n) is 3.90. The Morgan fingerprint density at radius 1 is 1.39 bits per heavy atom. The minimum absolute atomic E-state index is 0.000110. The molecule has 166 valence electrons. The van der Waals surface area contributed by atoms with Crippen LogP contribution in [0.4, 0.5) is 5.69 Å². The van der Waals surface area contributed by atoms with Crippen LogP contribution < -0.4 is 11.1 Å². The molecule has 0 aromatic heterocycles.